The van der Waals surface area contributed by atoms with Crippen LogP contribution in [-0.4, -0.2) is 29.6 Å². The molecule has 27 heavy (non-hydrogen) atoms. The molecule has 6 heteroatoms. The Morgan fingerprint density at radius 2 is 1.74 bits per heavy atom. The van der Waals surface area contributed by atoms with Crippen molar-refractivity contribution in [2.45, 2.75) is 37.6 Å². The molecule has 1 aliphatic carbocycles. The summed E-state index contributed by atoms with van der Waals surface area (Å²) < 4.78 is 19.7. The van der Waals surface area contributed by atoms with Crippen LogP contribution in [0, 0.1) is 5.82 Å². The number of rotatable bonds is 6. The van der Waals surface area contributed by atoms with Gasteiger partial charge in [0.15, 0.2) is 0 Å². The number of carboxylic acid groups (broad SMARTS) is 1. The van der Waals surface area contributed by atoms with E-state index < -0.39 is 23.2 Å². The molecule has 0 saturated heterocycles. The SMILES string of the molecule is COc1ccc(-c2ccc(C(=O)NC3(CC(=O)O)CCCC3)c(F)c2)cc1. The van der Waals surface area contributed by atoms with Gasteiger partial charge < -0.3 is 15.2 Å². The number of halogens is 1. The van der Waals surface area contributed by atoms with Crippen molar-refractivity contribution in [3.63, 3.8) is 0 Å². The van der Waals surface area contributed by atoms with Gasteiger partial charge in [-0.2, -0.15) is 0 Å². The van der Waals surface area contributed by atoms with Crippen LogP contribution >= 0.6 is 0 Å². The van der Waals surface area contributed by atoms with E-state index in [9.17, 15) is 14.0 Å². The Bertz CT molecular complexity index is 842. The summed E-state index contributed by atoms with van der Waals surface area (Å²) in [6.07, 6.45) is 2.75. The lowest BCUT2D eigenvalue weighted by Crippen LogP contribution is -2.48. The minimum absolute atomic E-state index is 0.0797. The van der Waals surface area contributed by atoms with Crippen LogP contribution in [0.15, 0.2) is 42.5 Å². The summed E-state index contributed by atoms with van der Waals surface area (Å²) in [5.41, 5.74) is 0.584. The van der Waals surface area contributed by atoms with E-state index in [1.165, 1.54) is 12.1 Å². The third kappa shape index (κ3) is 4.27. The highest BCUT2D eigenvalue weighted by atomic mass is 19.1. The molecule has 2 aromatic carbocycles. The number of carbonyl (C=O) groups is 2. The van der Waals surface area contributed by atoms with Crippen LogP contribution in [0.2, 0.25) is 0 Å². The van der Waals surface area contributed by atoms with Crippen LogP contribution in [0.5, 0.6) is 5.75 Å². The monoisotopic (exact) mass is 371 g/mol. The van der Waals surface area contributed by atoms with E-state index in [-0.39, 0.29) is 12.0 Å². The quantitative estimate of drug-likeness (QED) is 0.804. The first-order valence-corrected chi connectivity index (χ1v) is 8.91. The molecule has 0 spiro atoms. The van der Waals surface area contributed by atoms with Crippen molar-refractivity contribution in [1.29, 1.82) is 0 Å². The largest absolute Gasteiger partial charge is 0.497 e. The fraction of sp³-hybridized carbons (Fsp3) is 0.333. The van der Waals surface area contributed by atoms with Gasteiger partial charge in [-0.25, -0.2) is 4.39 Å². The fourth-order valence-electron chi connectivity index (χ4n) is 3.66. The molecule has 0 aromatic heterocycles. The Labute approximate surface area is 157 Å². The minimum atomic E-state index is -0.965. The predicted octanol–water partition coefficient (Wildman–Crippen LogP) is 4.02. The van der Waals surface area contributed by atoms with Crippen LogP contribution in [0.1, 0.15) is 42.5 Å². The van der Waals surface area contributed by atoms with Gasteiger partial charge in [-0.05, 0) is 48.2 Å². The first-order valence-electron chi connectivity index (χ1n) is 8.91. The highest BCUT2D eigenvalue weighted by Crippen LogP contribution is 2.33. The molecule has 0 heterocycles. The average Bonchev–Trinajstić information content (AvgIpc) is 3.08. The smallest absolute Gasteiger partial charge is 0.305 e. The van der Waals surface area contributed by atoms with Crippen LogP contribution in [0.4, 0.5) is 4.39 Å². The second kappa shape index (κ2) is 7.78. The molecule has 1 amide bonds. The zero-order valence-electron chi connectivity index (χ0n) is 15.1. The van der Waals surface area contributed by atoms with Gasteiger partial charge in [-0.15, -0.1) is 0 Å². The molecule has 3 rings (SSSR count). The average molecular weight is 371 g/mol. The number of hydrogen-bond donors (Lipinski definition) is 2. The van der Waals surface area contributed by atoms with Crippen molar-refractivity contribution < 1.29 is 23.8 Å². The van der Waals surface area contributed by atoms with E-state index >= 15 is 0 Å². The topological polar surface area (TPSA) is 75.6 Å². The van der Waals surface area contributed by atoms with E-state index in [1.807, 2.05) is 12.1 Å². The molecular weight excluding hydrogens is 349 g/mol. The van der Waals surface area contributed by atoms with Gasteiger partial charge in [0, 0.05) is 0 Å². The molecular formula is C21H22FNO4. The summed E-state index contributed by atoms with van der Waals surface area (Å²) in [4.78, 5) is 23.7. The number of carboxylic acids is 1. The summed E-state index contributed by atoms with van der Waals surface area (Å²) in [5, 5.41) is 11.9. The summed E-state index contributed by atoms with van der Waals surface area (Å²) in [6, 6.07) is 11.6. The third-order valence-corrected chi connectivity index (χ3v) is 5.07. The van der Waals surface area contributed by atoms with Gasteiger partial charge in [0.2, 0.25) is 0 Å². The zero-order chi connectivity index (χ0) is 19.4. The van der Waals surface area contributed by atoms with Gasteiger partial charge in [0.1, 0.15) is 11.6 Å². The molecule has 2 N–H and O–H groups in total. The summed E-state index contributed by atoms with van der Waals surface area (Å²) in [6.45, 7) is 0. The number of aliphatic carboxylic acids is 1. The second-order valence-electron chi connectivity index (χ2n) is 6.94. The van der Waals surface area contributed by atoms with Crippen molar-refractivity contribution in [1.82, 2.24) is 5.32 Å². The van der Waals surface area contributed by atoms with Crippen molar-refractivity contribution in [3.05, 3.63) is 53.8 Å². The zero-order valence-corrected chi connectivity index (χ0v) is 15.1. The first kappa shape index (κ1) is 18.9. The van der Waals surface area contributed by atoms with Crippen molar-refractivity contribution in [3.8, 4) is 16.9 Å². The molecule has 0 aliphatic heterocycles. The molecule has 1 fully saturated rings. The maximum atomic E-state index is 14.6. The van der Waals surface area contributed by atoms with Crippen LogP contribution in [0.25, 0.3) is 11.1 Å². The third-order valence-electron chi connectivity index (χ3n) is 5.07. The van der Waals surface area contributed by atoms with Crippen LogP contribution in [0.3, 0.4) is 0 Å². The summed E-state index contributed by atoms with van der Waals surface area (Å²) in [5.74, 6) is -1.47. The maximum absolute atomic E-state index is 14.6. The van der Waals surface area contributed by atoms with Gasteiger partial charge in [0.05, 0.1) is 24.6 Å². The van der Waals surface area contributed by atoms with E-state index in [0.717, 1.165) is 18.4 Å². The highest BCUT2D eigenvalue weighted by molar-refractivity contribution is 5.95. The predicted molar refractivity (Wildman–Crippen MR) is 99.3 cm³/mol. The highest BCUT2D eigenvalue weighted by Gasteiger charge is 2.38. The Hall–Kier alpha value is -2.89. The molecule has 0 bridgehead atoms. The molecule has 5 nitrogen and oxygen atoms in total. The van der Waals surface area contributed by atoms with Gasteiger partial charge >= 0.3 is 5.97 Å². The van der Waals surface area contributed by atoms with Crippen molar-refractivity contribution in [2.75, 3.05) is 7.11 Å². The number of carbonyl (C=O) groups excluding carboxylic acids is 1. The molecule has 0 radical (unpaired) electrons. The maximum Gasteiger partial charge on any atom is 0.305 e. The van der Waals surface area contributed by atoms with E-state index in [1.54, 1.807) is 25.3 Å². The summed E-state index contributed by atoms with van der Waals surface area (Å²) >= 11 is 0. The minimum Gasteiger partial charge on any atom is -0.497 e. The Balaban J connectivity index is 1.80. The first-order chi connectivity index (χ1) is 12.9. The molecule has 0 atom stereocenters. The lowest BCUT2D eigenvalue weighted by atomic mass is 9.92. The van der Waals surface area contributed by atoms with Gasteiger partial charge in [-0.1, -0.05) is 31.0 Å². The molecule has 2 aromatic rings. The van der Waals surface area contributed by atoms with Crippen molar-refractivity contribution in [2.24, 2.45) is 0 Å². The summed E-state index contributed by atoms with van der Waals surface area (Å²) in [7, 11) is 1.57. The van der Waals surface area contributed by atoms with E-state index in [4.69, 9.17) is 9.84 Å². The molecule has 0 unspecified atom stereocenters. The Morgan fingerprint density at radius 1 is 1.11 bits per heavy atom. The van der Waals surface area contributed by atoms with Crippen molar-refractivity contribution >= 4 is 11.9 Å². The fourth-order valence-corrected chi connectivity index (χ4v) is 3.66. The second-order valence-corrected chi connectivity index (χ2v) is 6.94. The lowest BCUT2D eigenvalue weighted by molar-refractivity contribution is -0.138. The Kier molecular flexibility index (Phi) is 5.44. The van der Waals surface area contributed by atoms with E-state index in [2.05, 4.69) is 5.32 Å². The normalized spacial score (nSPS) is 15.3. The number of amides is 1. The Morgan fingerprint density at radius 3 is 2.30 bits per heavy atom. The molecule has 142 valence electrons. The van der Waals surface area contributed by atoms with Gasteiger partial charge in [-0.3, -0.25) is 9.59 Å². The number of hydrogen-bond acceptors (Lipinski definition) is 3. The number of methoxy groups -OCH3 is 1. The van der Waals surface area contributed by atoms with Crippen LogP contribution < -0.4 is 10.1 Å². The number of nitrogens with one attached hydrogen (secondary N) is 1. The van der Waals surface area contributed by atoms with E-state index in [0.29, 0.717) is 24.2 Å². The number of benzene rings is 2. The molecule has 1 saturated carbocycles. The standard InChI is InChI=1S/C21H22FNO4/c1-27-16-7-4-14(5-8-16)15-6-9-17(18(22)12-15)20(26)23-21(13-19(24)25)10-2-3-11-21/h4-9,12H,2-3,10-11,13H2,1H3,(H,23,26)(H,24,25). The molecule has 1 aliphatic rings. The van der Waals surface area contributed by atoms with Crippen LogP contribution in [-0.2, 0) is 4.79 Å². The number of ether oxygens (including phenoxy) is 1. The van der Waals surface area contributed by atoms with Gasteiger partial charge in [0.25, 0.3) is 5.91 Å². The lowest BCUT2D eigenvalue weighted by Gasteiger charge is -2.28.